The second-order valence-corrected chi connectivity index (χ2v) is 7.89. The van der Waals surface area contributed by atoms with E-state index in [1.165, 1.54) is 18.2 Å². The summed E-state index contributed by atoms with van der Waals surface area (Å²) in [4.78, 5) is 52.3. The van der Waals surface area contributed by atoms with Crippen molar-refractivity contribution in [2.75, 3.05) is 7.11 Å². The van der Waals surface area contributed by atoms with Crippen LogP contribution >= 0.6 is 0 Å². The van der Waals surface area contributed by atoms with E-state index in [2.05, 4.69) is 4.74 Å². The van der Waals surface area contributed by atoms with Gasteiger partial charge in [-0.2, -0.15) is 5.26 Å². The molecular weight excluding hydrogens is 460 g/mol. The number of hydrogen-bond acceptors (Lipinski definition) is 7. The molecule has 0 N–H and O–H groups in total. The molecule has 8 nitrogen and oxygen atoms in total. The number of hydrogen-bond donors (Lipinski definition) is 0. The second-order valence-electron chi connectivity index (χ2n) is 7.89. The van der Waals surface area contributed by atoms with Crippen LogP contribution in [0.2, 0.25) is 0 Å². The zero-order valence-corrected chi connectivity index (χ0v) is 19.2. The highest BCUT2D eigenvalue weighted by Gasteiger charge is 2.43. The van der Waals surface area contributed by atoms with Crippen molar-refractivity contribution in [1.29, 1.82) is 5.26 Å². The molecular formula is C28H20N2O6. The normalized spacial score (nSPS) is 13.6. The van der Waals surface area contributed by atoms with Gasteiger partial charge in [-0.1, -0.05) is 54.6 Å². The van der Waals surface area contributed by atoms with Gasteiger partial charge in [0.2, 0.25) is 0 Å². The molecule has 0 saturated carbocycles. The molecule has 178 valence electrons. The summed E-state index contributed by atoms with van der Waals surface area (Å²) < 4.78 is 10.2. The van der Waals surface area contributed by atoms with Crippen LogP contribution < -0.4 is 4.74 Å². The van der Waals surface area contributed by atoms with Crippen molar-refractivity contribution in [3.63, 3.8) is 0 Å². The van der Waals surface area contributed by atoms with Crippen LogP contribution in [0.1, 0.15) is 31.8 Å². The van der Waals surface area contributed by atoms with E-state index < -0.39 is 29.8 Å². The Hall–Kier alpha value is -5.03. The Morgan fingerprint density at radius 1 is 0.944 bits per heavy atom. The first-order chi connectivity index (χ1) is 17.4. The number of rotatable bonds is 7. The summed E-state index contributed by atoms with van der Waals surface area (Å²) in [6.45, 7) is 0. The molecule has 3 aromatic carbocycles. The van der Waals surface area contributed by atoms with Crippen LogP contribution in [0.5, 0.6) is 5.75 Å². The maximum atomic E-state index is 13.4. The third-order valence-corrected chi connectivity index (χ3v) is 5.59. The molecule has 0 fully saturated rings. The van der Waals surface area contributed by atoms with E-state index in [1.54, 1.807) is 66.7 Å². The number of benzene rings is 3. The van der Waals surface area contributed by atoms with Crippen molar-refractivity contribution in [2.45, 2.75) is 12.5 Å². The molecule has 1 heterocycles. The SMILES string of the molecule is COC(=O)/C(C#N)=C/c1cccc(OC(=O)C(Cc2ccccc2)N2C(=O)c3ccccc3C2=O)c1. The van der Waals surface area contributed by atoms with Gasteiger partial charge >= 0.3 is 11.9 Å². The van der Waals surface area contributed by atoms with Gasteiger partial charge < -0.3 is 9.47 Å². The van der Waals surface area contributed by atoms with Crippen LogP contribution in [0.15, 0.2) is 84.4 Å². The fraction of sp³-hybridized carbons (Fsp3) is 0.107. The number of carbonyl (C=O) groups excluding carboxylic acids is 4. The van der Waals surface area contributed by atoms with E-state index in [0.29, 0.717) is 5.56 Å². The minimum atomic E-state index is -1.22. The predicted molar refractivity (Wildman–Crippen MR) is 129 cm³/mol. The van der Waals surface area contributed by atoms with Crippen molar-refractivity contribution in [1.82, 2.24) is 4.90 Å². The lowest BCUT2D eigenvalue weighted by atomic mass is 10.0. The standard InChI is InChI=1S/C28H20N2O6/c1-35-27(33)20(17-29)14-19-10-7-11-21(15-19)36-28(34)24(16-18-8-3-2-4-9-18)30-25(31)22-12-5-6-13-23(22)26(30)32/h2-15,24H,16H2,1H3/b20-14+. The summed E-state index contributed by atoms with van der Waals surface area (Å²) in [5.41, 5.74) is 1.39. The zero-order chi connectivity index (χ0) is 25.7. The number of nitriles is 1. The molecule has 1 aliphatic rings. The Bertz CT molecular complexity index is 1390. The van der Waals surface area contributed by atoms with E-state index >= 15 is 0 Å². The zero-order valence-electron chi connectivity index (χ0n) is 19.2. The molecule has 8 heteroatoms. The van der Waals surface area contributed by atoms with E-state index in [-0.39, 0.29) is 28.9 Å². The summed E-state index contributed by atoms with van der Waals surface area (Å²) in [7, 11) is 1.16. The molecule has 2 amide bonds. The molecule has 1 aliphatic heterocycles. The number of ether oxygens (including phenoxy) is 2. The Labute approximate surface area is 207 Å². The van der Waals surface area contributed by atoms with Gasteiger partial charge in [0.1, 0.15) is 23.4 Å². The fourth-order valence-electron chi connectivity index (χ4n) is 3.87. The number of amides is 2. The first-order valence-electron chi connectivity index (χ1n) is 11.0. The number of methoxy groups -OCH3 is 1. The average Bonchev–Trinajstić information content (AvgIpc) is 3.15. The molecule has 4 rings (SSSR count). The number of carbonyl (C=O) groups is 4. The van der Waals surface area contributed by atoms with Crippen LogP contribution in [0.3, 0.4) is 0 Å². The molecule has 1 atom stereocenters. The summed E-state index contributed by atoms with van der Waals surface area (Å²) in [5.74, 6) is -2.62. The van der Waals surface area contributed by atoms with Gasteiger partial charge in [-0.25, -0.2) is 9.59 Å². The maximum Gasteiger partial charge on any atom is 0.348 e. The first-order valence-corrected chi connectivity index (χ1v) is 11.0. The van der Waals surface area contributed by atoms with E-state index in [4.69, 9.17) is 4.74 Å². The van der Waals surface area contributed by atoms with Gasteiger partial charge in [0.05, 0.1) is 18.2 Å². The lowest BCUT2D eigenvalue weighted by Gasteiger charge is -2.24. The monoisotopic (exact) mass is 480 g/mol. The molecule has 0 bridgehead atoms. The minimum Gasteiger partial charge on any atom is -0.465 e. The Morgan fingerprint density at radius 3 is 2.19 bits per heavy atom. The molecule has 0 radical (unpaired) electrons. The highest BCUT2D eigenvalue weighted by molar-refractivity contribution is 6.22. The molecule has 0 saturated heterocycles. The van der Waals surface area contributed by atoms with Crippen LogP contribution in [-0.4, -0.2) is 41.8 Å². The second kappa shape index (κ2) is 10.5. The Kier molecular flexibility index (Phi) is 7.02. The molecule has 0 aromatic heterocycles. The summed E-state index contributed by atoms with van der Waals surface area (Å²) >= 11 is 0. The van der Waals surface area contributed by atoms with E-state index in [1.807, 2.05) is 6.07 Å². The molecule has 0 spiro atoms. The van der Waals surface area contributed by atoms with Crippen molar-refractivity contribution >= 4 is 29.8 Å². The maximum absolute atomic E-state index is 13.4. The highest BCUT2D eigenvalue weighted by atomic mass is 16.5. The number of fused-ring (bicyclic) bond motifs is 1. The highest BCUT2D eigenvalue weighted by Crippen LogP contribution is 2.27. The van der Waals surface area contributed by atoms with Gasteiger partial charge in [0, 0.05) is 6.42 Å². The third kappa shape index (κ3) is 4.91. The van der Waals surface area contributed by atoms with Gasteiger partial charge in [-0.05, 0) is 41.5 Å². The van der Waals surface area contributed by atoms with Crippen molar-refractivity contribution < 1.29 is 28.7 Å². The van der Waals surface area contributed by atoms with Gasteiger partial charge in [-0.15, -0.1) is 0 Å². The van der Waals surface area contributed by atoms with Crippen molar-refractivity contribution in [2.24, 2.45) is 0 Å². The van der Waals surface area contributed by atoms with E-state index in [9.17, 15) is 24.4 Å². The van der Waals surface area contributed by atoms with Crippen LogP contribution in [0, 0.1) is 11.3 Å². The van der Waals surface area contributed by atoms with Gasteiger partial charge in [0.25, 0.3) is 11.8 Å². The topological polar surface area (TPSA) is 114 Å². The predicted octanol–water partition coefficient (Wildman–Crippen LogP) is 3.58. The minimum absolute atomic E-state index is 0.0612. The fourth-order valence-corrected chi connectivity index (χ4v) is 3.87. The third-order valence-electron chi connectivity index (χ3n) is 5.59. The Balaban J connectivity index is 1.64. The van der Waals surface area contributed by atoms with Crippen molar-refractivity contribution in [3.05, 3.63) is 107 Å². The van der Waals surface area contributed by atoms with E-state index in [0.717, 1.165) is 17.6 Å². The lowest BCUT2D eigenvalue weighted by Crippen LogP contribution is -2.48. The van der Waals surface area contributed by atoms with Crippen LogP contribution in [-0.2, 0) is 20.7 Å². The molecule has 0 aliphatic carbocycles. The molecule has 3 aromatic rings. The van der Waals surface area contributed by atoms with Gasteiger partial charge in [0.15, 0.2) is 0 Å². The first kappa shape index (κ1) is 24.1. The number of imide groups is 1. The summed E-state index contributed by atoms with van der Waals surface area (Å²) in [6, 6.07) is 22.1. The van der Waals surface area contributed by atoms with Crippen LogP contribution in [0.25, 0.3) is 6.08 Å². The number of esters is 2. The van der Waals surface area contributed by atoms with Crippen LogP contribution in [0.4, 0.5) is 0 Å². The largest absolute Gasteiger partial charge is 0.465 e. The van der Waals surface area contributed by atoms with Gasteiger partial charge in [-0.3, -0.25) is 14.5 Å². The smallest absolute Gasteiger partial charge is 0.348 e. The lowest BCUT2D eigenvalue weighted by molar-refractivity contribution is -0.139. The number of nitrogens with zero attached hydrogens (tertiary/aromatic N) is 2. The molecule has 36 heavy (non-hydrogen) atoms. The van der Waals surface area contributed by atoms with Crippen molar-refractivity contribution in [3.8, 4) is 11.8 Å². The Morgan fingerprint density at radius 2 is 1.58 bits per heavy atom. The molecule has 1 unspecified atom stereocenters. The summed E-state index contributed by atoms with van der Waals surface area (Å²) in [5, 5.41) is 9.19. The summed E-state index contributed by atoms with van der Waals surface area (Å²) in [6.07, 6.45) is 1.36. The average molecular weight is 480 g/mol. The quantitative estimate of drug-likeness (QED) is 0.167.